The van der Waals surface area contributed by atoms with Gasteiger partial charge in [0.2, 0.25) is 5.60 Å². The summed E-state index contributed by atoms with van der Waals surface area (Å²) in [5.74, 6) is -1.33. The van der Waals surface area contributed by atoms with Crippen LogP contribution in [0.4, 0.5) is 13.2 Å². The van der Waals surface area contributed by atoms with Crippen molar-refractivity contribution in [1.82, 2.24) is 9.80 Å². The van der Waals surface area contributed by atoms with E-state index in [4.69, 9.17) is 0 Å². The number of carbonyl (C=O) groups excluding carboxylic acids is 1. The molecule has 0 aliphatic carbocycles. The van der Waals surface area contributed by atoms with Crippen molar-refractivity contribution in [2.45, 2.75) is 18.7 Å². The van der Waals surface area contributed by atoms with Gasteiger partial charge in [0.25, 0.3) is 5.91 Å². The molecule has 0 radical (unpaired) electrons. The maximum atomic E-state index is 12.8. The molecule has 1 atom stereocenters. The van der Waals surface area contributed by atoms with Crippen LogP contribution < -0.4 is 0 Å². The van der Waals surface area contributed by atoms with Crippen LogP contribution in [-0.4, -0.2) is 65.5 Å². The molecule has 0 bridgehead atoms. The molecular formula is C17H20F3N3O2. The second-order valence-electron chi connectivity index (χ2n) is 5.91. The monoisotopic (exact) mass is 355 g/mol. The van der Waals surface area contributed by atoms with Gasteiger partial charge in [-0.3, -0.25) is 9.79 Å². The zero-order valence-corrected chi connectivity index (χ0v) is 13.8. The van der Waals surface area contributed by atoms with Gasteiger partial charge in [-0.1, -0.05) is 30.3 Å². The quantitative estimate of drug-likeness (QED) is 0.842. The van der Waals surface area contributed by atoms with Crippen molar-refractivity contribution >= 4 is 18.3 Å². The van der Waals surface area contributed by atoms with Crippen LogP contribution in [0.25, 0.3) is 5.70 Å². The highest BCUT2D eigenvalue weighted by Gasteiger charge is 2.57. The van der Waals surface area contributed by atoms with Crippen molar-refractivity contribution in [3.8, 4) is 0 Å². The molecule has 2 rings (SSSR count). The van der Waals surface area contributed by atoms with E-state index in [1.165, 1.54) is 0 Å². The summed E-state index contributed by atoms with van der Waals surface area (Å²) in [6.45, 7) is 4.74. The van der Waals surface area contributed by atoms with E-state index in [1.807, 2.05) is 35.2 Å². The topological polar surface area (TPSA) is 56.1 Å². The largest absolute Gasteiger partial charge is 0.426 e. The Balaban J connectivity index is 2.09. The van der Waals surface area contributed by atoms with Gasteiger partial charge in [0.05, 0.1) is 11.9 Å². The highest BCUT2D eigenvalue weighted by atomic mass is 19.4. The molecule has 1 aliphatic heterocycles. The molecule has 1 N–H and O–H groups in total. The molecule has 0 saturated carbocycles. The Kier molecular flexibility index (Phi) is 5.52. The molecule has 1 aromatic rings. The Hall–Kier alpha value is -2.35. The molecule has 1 saturated heterocycles. The summed E-state index contributed by atoms with van der Waals surface area (Å²) < 4.78 is 38.5. The number of carbonyl (C=O) groups is 1. The first-order chi connectivity index (χ1) is 11.7. The standard InChI is InChI=1S/C17H20F3N3O2/c1-16(25,17(18,19)20)15(24)23-10-8-22(9-11-23)14(12-21-2)13-6-4-3-5-7-13/h3-7,12,25H,2,8-11H2,1H3/b14-12-/t16-/m1/s1. The van der Waals surface area contributed by atoms with E-state index < -0.39 is 17.7 Å². The summed E-state index contributed by atoms with van der Waals surface area (Å²) in [7, 11) is 0. The Morgan fingerprint density at radius 3 is 2.16 bits per heavy atom. The zero-order chi connectivity index (χ0) is 18.7. The van der Waals surface area contributed by atoms with Crippen LogP contribution >= 0.6 is 0 Å². The van der Waals surface area contributed by atoms with E-state index in [1.54, 1.807) is 6.20 Å². The smallest absolute Gasteiger partial charge is 0.373 e. The number of rotatable bonds is 4. The summed E-state index contributed by atoms with van der Waals surface area (Å²) in [4.78, 5) is 18.8. The van der Waals surface area contributed by atoms with Gasteiger partial charge in [-0.2, -0.15) is 13.2 Å². The molecular weight excluding hydrogens is 335 g/mol. The van der Waals surface area contributed by atoms with Crippen LogP contribution in [0.3, 0.4) is 0 Å². The third-order valence-corrected chi connectivity index (χ3v) is 4.16. The molecule has 0 unspecified atom stereocenters. The number of nitrogens with zero attached hydrogens (tertiary/aromatic N) is 3. The fourth-order valence-electron chi connectivity index (χ4n) is 2.61. The maximum absolute atomic E-state index is 12.8. The highest BCUT2D eigenvalue weighted by molar-refractivity contribution is 5.85. The number of benzene rings is 1. The SMILES string of the molecule is C=N/C=C(/c1ccccc1)N1CCN(C(=O)[C@@](C)(O)C(F)(F)F)CC1. The van der Waals surface area contributed by atoms with Crippen molar-refractivity contribution in [2.24, 2.45) is 4.99 Å². The summed E-state index contributed by atoms with van der Waals surface area (Å²) in [5, 5.41) is 9.54. The summed E-state index contributed by atoms with van der Waals surface area (Å²) >= 11 is 0. The third kappa shape index (κ3) is 4.01. The fraction of sp³-hybridized carbons (Fsp3) is 0.412. The minimum absolute atomic E-state index is 0.0758. The Labute approximate surface area is 144 Å². The fourth-order valence-corrected chi connectivity index (χ4v) is 2.61. The Morgan fingerprint density at radius 2 is 1.68 bits per heavy atom. The van der Waals surface area contributed by atoms with Crippen LogP contribution in [-0.2, 0) is 4.79 Å². The molecule has 1 aliphatic rings. The lowest BCUT2D eigenvalue weighted by molar-refractivity contribution is -0.250. The van der Waals surface area contributed by atoms with Crippen molar-refractivity contribution in [1.29, 1.82) is 0 Å². The van der Waals surface area contributed by atoms with Gasteiger partial charge in [-0.25, -0.2) is 0 Å². The lowest BCUT2D eigenvalue weighted by atomic mass is 10.0. The average Bonchev–Trinajstić information content (AvgIpc) is 2.59. The molecule has 0 spiro atoms. The second-order valence-corrected chi connectivity index (χ2v) is 5.91. The van der Waals surface area contributed by atoms with Gasteiger partial charge >= 0.3 is 6.18 Å². The van der Waals surface area contributed by atoms with Gasteiger partial charge in [0.1, 0.15) is 0 Å². The summed E-state index contributed by atoms with van der Waals surface area (Å²) in [6.07, 6.45) is -3.43. The van der Waals surface area contributed by atoms with E-state index in [2.05, 4.69) is 11.7 Å². The number of aliphatic imine (C=N–C) groups is 1. The number of alkyl halides is 3. The van der Waals surface area contributed by atoms with Crippen molar-refractivity contribution in [3.63, 3.8) is 0 Å². The zero-order valence-electron chi connectivity index (χ0n) is 13.8. The van der Waals surface area contributed by atoms with Gasteiger partial charge in [0, 0.05) is 26.2 Å². The highest BCUT2D eigenvalue weighted by Crippen LogP contribution is 2.32. The molecule has 1 heterocycles. The molecule has 1 aromatic carbocycles. The first kappa shape index (κ1) is 19.0. The number of aliphatic hydroxyl groups is 1. The minimum atomic E-state index is -5.01. The molecule has 1 amide bonds. The number of halogens is 3. The van der Waals surface area contributed by atoms with Gasteiger partial charge in [0.15, 0.2) is 0 Å². The van der Waals surface area contributed by atoms with E-state index in [0.29, 0.717) is 20.0 Å². The van der Waals surface area contributed by atoms with Gasteiger partial charge in [-0.15, -0.1) is 0 Å². The number of hydrogen-bond donors (Lipinski definition) is 1. The summed E-state index contributed by atoms with van der Waals surface area (Å²) in [6, 6.07) is 9.39. The molecule has 0 aromatic heterocycles. The van der Waals surface area contributed by atoms with Gasteiger partial charge < -0.3 is 14.9 Å². The number of piperazine rings is 1. The maximum Gasteiger partial charge on any atom is 0.426 e. The van der Waals surface area contributed by atoms with Crippen LogP contribution in [0.15, 0.2) is 41.5 Å². The van der Waals surface area contributed by atoms with Crippen LogP contribution in [0.1, 0.15) is 12.5 Å². The second kappa shape index (κ2) is 7.26. The first-order valence-corrected chi connectivity index (χ1v) is 7.73. The van der Waals surface area contributed by atoms with Crippen molar-refractivity contribution in [3.05, 3.63) is 42.1 Å². The van der Waals surface area contributed by atoms with E-state index in [-0.39, 0.29) is 13.1 Å². The minimum Gasteiger partial charge on any atom is -0.373 e. The van der Waals surface area contributed by atoms with Crippen molar-refractivity contribution < 1.29 is 23.1 Å². The van der Waals surface area contributed by atoms with Gasteiger partial charge in [-0.05, 0) is 19.2 Å². The average molecular weight is 355 g/mol. The lowest BCUT2D eigenvalue weighted by Crippen LogP contribution is -2.59. The Morgan fingerprint density at radius 1 is 1.16 bits per heavy atom. The molecule has 5 nitrogen and oxygen atoms in total. The number of hydrogen-bond acceptors (Lipinski definition) is 4. The predicted octanol–water partition coefficient (Wildman–Crippen LogP) is 2.14. The normalized spacial score (nSPS) is 18.7. The van der Waals surface area contributed by atoms with E-state index in [0.717, 1.165) is 16.2 Å². The third-order valence-electron chi connectivity index (χ3n) is 4.16. The van der Waals surface area contributed by atoms with Crippen LogP contribution in [0.2, 0.25) is 0 Å². The molecule has 1 fully saturated rings. The molecule has 8 heteroatoms. The van der Waals surface area contributed by atoms with E-state index >= 15 is 0 Å². The predicted molar refractivity (Wildman–Crippen MR) is 88.8 cm³/mol. The first-order valence-electron chi connectivity index (χ1n) is 7.73. The Bertz CT molecular complexity index is 649. The van der Waals surface area contributed by atoms with E-state index in [9.17, 15) is 23.1 Å². The van der Waals surface area contributed by atoms with Crippen LogP contribution in [0.5, 0.6) is 0 Å². The summed E-state index contributed by atoms with van der Waals surface area (Å²) in [5.41, 5.74) is -1.70. The molecule has 136 valence electrons. The van der Waals surface area contributed by atoms with Crippen LogP contribution in [0, 0.1) is 0 Å². The molecule has 25 heavy (non-hydrogen) atoms. The number of amides is 1. The van der Waals surface area contributed by atoms with Crippen molar-refractivity contribution in [2.75, 3.05) is 26.2 Å². The lowest BCUT2D eigenvalue weighted by Gasteiger charge is -2.40.